The fourth-order valence-corrected chi connectivity index (χ4v) is 1.83. The molecular weight excluding hydrogens is 203 g/mol. The molecule has 1 aromatic carbocycles. The number of hydrogen-bond acceptors (Lipinski definition) is 1. The molecule has 1 aromatic heterocycles. The van der Waals surface area contributed by atoms with Crippen LogP contribution in [0, 0.1) is 5.82 Å². The van der Waals surface area contributed by atoms with E-state index in [0.29, 0.717) is 5.52 Å². The van der Waals surface area contributed by atoms with E-state index >= 15 is 0 Å². The monoisotopic (exact) mass is 212 g/mol. The molecule has 0 aliphatic heterocycles. The van der Waals surface area contributed by atoms with E-state index in [0.717, 1.165) is 17.5 Å². The number of rotatable bonds is 1. The van der Waals surface area contributed by atoms with Gasteiger partial charge in [-0.15, -0.1) is 0 Å². The molecule has 0 aliphatic carbocycles. The Bertz CT molecular complexity index is 490. The van der Waals surface area contributed by atoms with Crippen LogP contribution in [0.5, 0.6) is 0 Å². The third-order valence-corrected chi connectivity index (χ3v) is 2.62. The van der Waals surface area contributed by atoms with Gasteiger partial charge >= 0.3 is 0 Å². The number of aryl methyl sites for hydroxylation is 2. The molecule has 2 rings (SSSR count). The van der Waals surface area contributed by atoms with Crippen molar-refractivity contribution >= 4 is 22.5 Å². The van der Waals surface area contributed by atoms with E-state index in [9.17, 15) is 4.39 Å². The fourth-order valence-electron chi connectivity index (χ4n) is 1.67. The fraction of sp³-hybridized carbons (Fsp3) is 0.300. The minimum Gasteiger partial charge on any atom is -0.271 e. The van der Waals surface area contributed by atoms with Gasteiger partial charge in [-0.25, -0.2) is 4.39 Å². The maximum atomic E-state index is 13.1. The average molecular weight is 213 g/mol. The molecule has 0 fully saturated rings. The van der Waals surface area contributed by atoms with Gasteiger partial charge in [-0.1, -0.05) is 18.5 Å². The van der Waals surface area contributed by atoms with Gasteiger partial charge in [0.15, 0.2) is 0 Å². The van der Waals surface area contributed by atoms with Crippen molar-refractivity contribution in [1.82, 2.24) is 9.78 Å². The van der Waals surface area contributed by atoms with Crippen molar-refractivity contribution in [3.05, 3.63) is 28.7 Å². The first-order chi connectivity index (χ1) is 6.63. The highest BCUT2D eigenvalue weighted by molar-refractivity contribution is 6.31. The van der Waals surface area contributed by atoms with Crippen molar-refractivity contribution < 1.29 is 4.39 Å². The maximum absolute atomic E-state index is 13.1. The third-order valence-electron chi connectivity index (χ3n) is 2.33. The zero-order valence-corrected chi connectivity index (χ0v) is 8.77. The number of nitrogens with zero attached hydrogens (tertiary/aromatic N) is 2. The Labute approximate surface area is 86.3 Å². The summed E-state index contributed by atoms with van der Waals surface area (Å²) in [6.45, 7) is 2.04. The van der Waals surface area contributed by atoms with E-state index in [4.69, 9.17) is 11.6 Å². The van der Waals surface area contributed by atoms with E-state index in [-0.39, 0.29) is 5.02 Å². The summed E-state index contributed by atoms with van der Waals surface area (Å²) in [6.07, 6.45) is 0.856. The van der Waals surface area contributed by atoms with Crippen molar-refractivity contribution in [2.24, 2.45) is 7.05 Å². The first-order valence-corrected chi connectivity index (χ1v) is 4.82. The van der Waals surface area contributed by atoms with Crippen LogP contribution in [0.2, 0.25) is 5.02 Å². The van der Waals surface area contributed by atoms with Crippen LogP contribution in [-0.4, -0.2) is 9.78 Å². The van der Waals surface area contributed by atoms with Gasteiger partial charge in [0.05, 0.1) is 10.5 Å². The molecule has 0 bridgehead atoms. The lowest BCUT2D eigenvalue weighted by Gasteiger charge is -1.97. The van der Waals surface area contributed by atoms with Gasteiger partial charge in [0, 0.05) is 24.2 Å². The summed E-state index contributed by atoms with van der Waals surface area (Å²) in [5.41, 5.74) is 1.73. The SMILES string of the molecule is CCc1c2cc(Cl)c(F)cc2nn1C. The van der Waals surface area contributed by atoms with Gasteiger partial charge in [0.25, 0.3) is 0 Å². The molecule has 0 spiro atoms. The molecule has 0 radical (unpaired) electrons. The van der Waals surface area contributed by atoms with Gasteiger partial charge in [-0.05, 0) is 12.5 Å². The van der Waals surface area contributed by atoms with Crippen LogP contribution in [-0.2, 0) is 13.5 Å². The van der Waals surface area contributed by atoms with Gasteiger partial charge < -0.3 is 0 Å². The smallest absolute Gasteiger partial charge is 0.144 e. The van der Waals surface area contributed by atoms with Crippen LogP contribution in [0.1, 0.15) is 12.6 Å². The molecule has 0 aliphatic rings. The second kappa shape index (κ2) is 3.24. The first-order valence-electron chi connectivity index (χ1n) is 4.44. The summed E-state index contributed by atoms with van der Waals surface area (Å²) >= 11 is 5.71. The van der Waals surface area contributed by atoms with Crippen LogP contribution in [0.25, 0.3) is 10.9 Å². The topological polar surface area (TPSA) is 17.8 Å². The summed E-state index contributed by atoms with van der Waals surface area (Å²) in [5.74, 6) is -0.417. The molecule has 2 nitrogen and oxygen atoms in total. The molecule has 74 valence electrons. The van der Waals surface area contributed by atoms with E-state index in [2.05, 4.69) is 5.10 Å². The Hall–Kier alpha value is -1.09. The lowest BCUT2D eigenvalue weighted by atomic mass is 10.2. The average Bonchev–Trinajstić information content (AvgIpc) is 2.42. The molecule has 0 N–H and O–H groups in total. The molecular formula is C10H10ClFN2. The summed E-state index contributed by atoms with van der Waals surface area (Å²) in [4.78, 5) is 0. The van der Waals surface area contributed by atoms with Gasteiger partial charge in [-0.2, -0.15) is 5.10 Å². The maximum Gasteiger partial charge on any atom is 0.144 e. The Balaban J connectivity index is 2.82. The van der Waals surface area contributed by atoms with Crippen LogP contribution in [0.15, 0.2) is 12.1 Å². The van der Waals surface area contributed by atoms with Crippen molar-refractivity contribution in [1.29, 1.82) is 0 Å². The molecule has 0 saturated carbocycles. The Morgan fingerprint density at radius 1 is 1.50 bits per heavy atom. The quantitative estimate of drug-likeness (QED) is 0.711. The molecule has 0 unspecified atom stereocenters. The van der Waals surface area contributed by atoms with E-state index in [1.165, 1.54) is 6.07 Å². The minimum absolute atomic E-state index is 0.153. The number of benzene rings is 1. The van der Waals surface area contributed by atoms with Gasteiger partial charge in [0.2, 0.25) is 0 Å². The molecule has 0 saturated heterocycles. The van der Waals surface area contributed by atoms with Crippen molar-refractivity contribution in [2.45, 2.75) is 13.3 Å². The van der Waals surface area contributed by atoms with Crippen LogP contribution >= 0.6 is 11.6 Å². The van der Waals surface area contributed by atoms with Gasteiger partial charge in [0.1, 0.15) is 5.82 Å². The normalized spacial score (nSPS) is 11.1. The molecule has 0 atom stereocenters. The molecule has 1 heterocycles. The molecule has 14 heavy (non-hydrogen) atoms. The van der Waals surface area contributed by atoms with Crippen LogP contribution in [0.4, 0.5) is 4.39 Å². The highest BCUT2D eigenvalue weighted by atomic mass is 35.5. The van der Waals surface area contributed by atoms with Crippen molar-refractivity contribution in [3.8, 4) is 0 Å². The lowest BCUT2D eigenvalue weighted by Crippen LogP contribution is -1.95. The number of aromatic nitrogens is 2. The summed E-state index contributed by atoms with van der Waals surface area (Å²) in [6, 6.07) is 3.01. The molecule has 2 aromatic rings. The Morgan fingerprint density at radius 2 is 2.21 bits per heavy atom. The zero-order valence-electron chi connectivity index (χ0n) is 8.01. The highest BCUT2D eigenvalue weighted by Gasteiger charge is 2.10. The largest absolute Gasteiger partial charge is 0.271 e. The number of halogens is 2. The molecule has 4 heteroatoms. The highest BCUT2D eigenvalue weighted by Crippen LogP contribution is 2.25. The summed E-state index contributed by atoms with van der Waals surface area (Å²) in [7, 11) is 1.85. The zero-order chi connectivity index (χ0) is 10.3. The first kappa shape index (κ1) is 9.46. The standard InChI is InChI=1S/C10H10ClFN2/c1-3-10-6-4-7(11)8(12)5-9(6)13-14(10)2/h4-5H,3H2,1-2H3. The summed E-state index contributed by atoms with van der Waals surface area (Å²) < 4.78 is 14.9. The van der Waals surface area contributed by atoms with Crippen LogP contribution in [0.3, 0.4) is 0 Å². The third kappa shape index (κ3) is 1.28. The lowest BCUT2D eigenvalue weighted by molar-refractivity contribution is 0.629. The summed E-state index contributed by atoms with van der Waals surface area (Å²) in [5, 5.41) is 5.29. The van der Waals surface area contributed by atoms with E-state index < -0.39 is 5.82 Å². The van der Waals surface area contributed by atoms with Crippen molar-refractivity contribution in [3.63, 3.8) is 0 Å². The second-order valence-electron chi connectivity index (χ2n) is 3.21. The molecule has 0 amide bonds. The Kier molecular flexibility index (Phi) is 2.19. The van der Waals surface area contributed by atoms with E-state index in [1.807, 2.05) is 14.0 Å². The number of hydrogen-bond donors (Lipinski definition) is 0. The second-order valence-corrected chi connectivity index (χ2v) is 3.61. The van der Waals surface area contributed by atoms with Gasteiger partial charge in [-0.3, -0.25) is 4.68 Å². The Morgan fingerprint density at radius 3 is 2.86 bits per heavy atom. The predicted molar refractivity (Wildman–Crippen MR) is 55.1 cm³/mol. The predicted octanol–water partition coefficient (Wildman–Crippen LogP) is 2.93. The van der Waals surface area contributed by atoms with E-state index in [1.54, 1.807) is 10.7 Å². The van der Waals surface area contributed by atoms with Crippen LogP contribution < -0.4 is 0 Å². The minimum atomic E-state index is -0.417. The number of fused-ring (bicyclic) bond motifs is 1. The van der Waals surface area contributed by atoms with Crippen molar-refractivity contribution in [2.75, 3.05) is 0 Å².